The second-order valence-corrected chi connectivity index (χ2v) is 5.17. The van der Waals surface area contributed by atoms with Crippen molar-refractivity contribution in [2.24, 2.45) is 0 Å². The third kappa shape index (κ3) is 2.75. The van der Waals surface area contributed by atoms with Crippen LogP contribution in [0.5, 0.6) is 0 Å². The van der Waals surface area contributed by atoms with Crippen LogP contribution in [0.1, 0.15) is 9.67 Å². The molecule has 0 saturated carbocycles. The van der Waals surface area contributed by atoms with Crippen LogP contribution in [-0.4, -0.2) is 10.9 Å². The van der Waals surface area contributed by atoms with E-state index in [2.05, 4.69) is 10.3 Å². The highest BCUT2D eigenvalue weighted by molar-refractivity contribution is 7.12. The number of rotatable bonds is 3. The zero-order valence-electron chi connectivity index (χ0n) is 10.6. The zero-order valence-corrected chi connectivity index (χ0v) is 11.4. The molecule has 1 N–H and O–H groups in total. The van der Waals surface area contributed by atoms with E-state index in [4.69, 9.17) is 0 Å². The predicted octanol–water partition coefficient (Wildman–Crippen LogP) is 4.06. The van der Waals surface area contributed by atoms with E-state index in [-0.39, 0.29) is 5.91 Å². The number of hydrogen-bond acceptors (Lipinski definition) is 3. The molecule has 0 radical (unpaired) electrons. The van der Waals surface area contributed by atoms with Crippen LogP contribution >= 0.6 is 11.3 Å². The summed E-state index contributed by atoms with van der Waals surface area (Å²) in [6.45, 7) is 0. The minimum Gasteiger partial charge on any atom is -0.321 e. The van der Waals surface area contributed by atoms with Gasteiger partial charge >= 0.3 is 0 Å². The average Bonchev–Trinajstić information content (AvgIpc) is 3.03. The van der Waals surface area contributed by atoms with Crippen LogP contribution in [0.3, 0.4) is 0 Å². The molecule has 20 heavy (non-hydrogen) atoms. The lowest BCUT2D eigenvalue weighted by Crippen LogP contribution is -2.09. The van der Waals surface area contributed by atoms with Gasteiger partial charge in [-0.25, -0.2) is 0 Å². The summed E-state index contributed by atoms with van der Waals surface area (Å²) in [5.74, 6) is -0.0850. The Hall–Kier alpha value is -2.46. The van der Waals surface area contributed by atoms with Crippen LogP contribution in [0.15, 0.2) is 66.2 Å². The Kier molecular flexibility index (Phi) is 3.56. The smallest absolute Gasteiger partial charge is 0.265 e. The number of thiophene rings is 1. The van der Waals surface area contributed by atoms with Gasteiger partial charge in [-0.2, -0.15) is 0 Å². The minimum absolute atomic E-state index is 0.0850. The predicted molar refractivity (Wildman–Crippen MR) is 81.9 cm³/mol. The summed E-state index contributed by atoms with van der Waals surface area (Å²) in [7, 11) is 0. The summed E-state index contributed by atoms with van der Waals surface area (Å²) in [5, 5.41) is 4.79. The first kappa shape index (κ1) is 12.6. The maximum Gasteiger partial charge on any atom is 0.265 e. The van der Waals surface area contributed by atoms with E-state index >= 15 is 0 Å². The molecule has 3 aromatic rings. The van der Waals surface area contributed by atoms with Crippen LogP contribution in [0.2, 0.25) is 0 Å². The van der Waals surface area contributed by atoms with Gasteiger partial charge in [0.15, 0.2) is 0 Å². The normalized spacial score (nSPS) is 10.2. The van der Waals surface area contributed by atoms with E-state index in [9.17, 15) is 4.79 Å². The summed E-state index contributed by atoms with van der Waals surface area (Å²) < 4.78 is 0. The molecule has 1 aromatic carbocycles. The highest BCUT2D eigenvalue weighted by Gasteiger charge is 2.07. The summed E-state index contributed by atoms with van der Waals surface area (Å²) in [4.78, 5) is 17.0. The largest absolute Gasteiger partial charge is 0.321 e. The van der Waals surface area contributed by atoms with Gasteiger partial charge in [0.2, 0.25) is 0 Å². The van der Waals surface area contributed by atoms with Crippen LogP contribution in [0.25, 0.3) is 11.3 Å². The maximum atomic E-state index is 12.0. The molecule has 3 rings (SSSR count). The summed E-state index contributed by atoms with van der Waals surface area (Å²) in [6, 6.07) is 17.1. The highest BCUT2D eigenvalue weighted by Crippen LogP contribution is 2.21. The number of aromatic nitrogens is 1. The SMILES string of the molecule is O=C(Nc1cccc(-c2ccccn2)c1)c1cccs1. The highest BCUT2D eigenvalue weighted by atomic mass is 32.1. The first-order chi connectivity index (χ1) is 9.83. The van der Waals surface area contributed by atoms with Crippen LogP contribution < -0.4 is 5.32 Å². The number of benzene rings is 1. The van der Waals surface area contributed by atoms with Crippen molar-refractivity contribution in [1.82, 2.24) is 4.98 Å². The van der Waals surface area contributed by atoms with Gasteiger partial charge in [0, 0.05) is 17.4 Å². The quantitative estimate of drug-likeness (QED) is 0.786. The average molecular weight is 280 g/mol. The Labute approximate surface area is 120 Å². The van der Waals surface area contributed by atoms with Gasteiger partial charge in [-0.3, -0.25) is 9.78 Å². The molecular formula is C16H12N2OS. The van der Waals surface area contributed by atoms with Crippen molar-refractivity contribution in [2.45, 2.75) is 0 Å². The van der Waals surface area contributed by atoms with Crippen LogP contribution in [0.4, 0.5) is 5.69 Å². The molecule has 0 atom stereocenters. The van der Waals surface area contributed by atoms with Gasteiger partial charge in [0.25, 0.3) is 5.91 Å². The van der Waals surface area contributed by atoms with Crippen molar-refractivity contribution in [1.29, 1.82) is 0 Å². The van der Waals surface area contributed by atoms with E-state index in [0.717, 1.165) is 16.9 Å². The lowest BCUT2D eigenvalue weighted by molar-refractivity contribution is 0.103. The number of amides is 1. The van der Waals surface area contributed by atoms with E-state index in [1.807, 2.05) is 60.0 Å². The molecule has 98 valence electrons. The second kappa shape index (κ2) is 5.67. The van der Waals surface area contributed by atoms with Gasteiger partial charge in [0.05, 0.1) is 10.6 Å². The molecule has 0 saturated heterocycles. The third-order valence-corrected chi connectivity index (χ3v) is 3.69. The molecular weight excluding hydrogens is 268 g/mol. The lowest BCUT2D eigenvalue weighted by Gasteiger charge is -2.06. The molecule has 3 nitrogen and oxygen atoms in total. The molecule has 2 heterocycles. The fourth-order valence-corrected chi connectivity index (χ4v) is 2.51. The van der Waals surface area contributed by atoms with Crippen molar-refractivity contribution in [3.05, 3.63) is 71.1 Å². The number of carbonyl (C=O) groups excluding carboxylic acids is 1. The molecule has 0 spiro atoms. The number of pyridine rings is 1. The topological polar surface area (TPSA) is 42.0 Å². The second-order valence-electron chi connectivity index (χ2n) is 4.23. The van der Waals surface area contributed by atoms with Gasteiger partial charge in [0.1, 0.15) is 0 Å². The van der Waals surface area contributed by atoms with Gasteiger partial charge < -0.3 is 5.32 Å². The summed E-state index contributed by atoms with van der Waals surface area (Å²) in [5.41, 5.74) is 2.64. The van der Waals surface area contributed by atoms with E-state index in [1.54, 1.807) is 6.20 Å². The number of nitrogens with zero attached hydrogens (tertiary/aromatic N) is 1. The zero-order chi connectivity index (χ0) is 13.8. The lowest BCUT2D eigenvalue weighted by atomic mass is 10.1. The Balaban J connectivity index is 1.83. The van der Waals surface area contributed by atoms with Crippen molar-refractivity contribution in [3.63, 3.8) is 0 Å². The molecule has 0 unspecified atom stereocenters. The number of hydrogen-bond donors (Lipinski definition) is 1. The standard InChI is InChI=1S/C16H12N2OS/c19-16(15-8-4-10-20-15)18-13-6-3-5-12(11-13)14-7-1-2-9-17-14/h1-11H,(H,18,19). The fourth-order valence-electron chi connectivity index (χ4n) is 1.89. The van der Waals surface area contributed by atoms with E-state index in [0.29, 0.717) is 4.88 Å². The minimum atomic E-state index is -0.0850. The molecule has 0 aliphatic carbocycles. The molecule has 0 fully saturated rings. The van der Waals surface area contributed by atoms with Gasteiger partial charge in [-0.05, 0) is 35.7 Å². The number of carbonyl (C=O) groups is 1. The van der Waals surface area contributed by atoms with Crippen LogP contribution in [0, 0.1) is 0 Å². The molecule has 4 heteroatoms. The maximum absolute atomic E-state index is 12.0. The molecule has 0 aliphatic heterocycles. The van der Waals surface area contributed by atoms with Crippen molar-refractivity contribution < 1.29 is 4.79 Å². The molecule has 0 aliphatic rings. The Morgan fingerprint density at radius 2 is 2.00 bits per heavy atom. The van der Waals surface area contributed by atoms with Crippen molar-refractivity contribution in [2.75, 3.05) is 5.32 Å². The Bertz CT molecular complexity index is 708. The fraction of sp³-hybridized carbons (Fsp3) is 0. The number of nitrogens with one attached hydrogen (secondary N) is 1. The summed E-state index contributed by atoms with van der Waals surface area (Å²) >= 11 is 1.43. The number of anilines is 1. The first-order valence-corrected chi connectivity index (χ1v) is 7.07. The molecule has 0 bridgehead atoms. The van der Waals surface area contributed by atoms with E-state index in [1.165, 1.54) is 11.3 Å². The van der Waals surface area contributed by atoms with Crippen molar-refractivity contribution in [3.8, 4) is 11.3 Å². The third-order valence-electron chi connectivity index (χ3n) is 2.83. The van der Waals surface area contributed by atoms with Gasteiger partial charge in [-0.1, -0.05) is 24.3 Å². The Morgan fingerprint density at radius 3 is 2.75 bits per heavy atom. The molecule has 1 amide bonds. The van der Waals surface area contributed by atoms with E-state index < -0.39 is 0 Å². The van der Waals surface area contributed by atoms with Gasteiger partial charge in [-0.15, -0.1) is 11.3 Å². The van der Waals surface area contributed by atoms with Crippen molar-refractivity contribution >= 4 is 22.9 Å². The first-order valence-electron chi connectivity index (χ1n) is 6.19. The Morgan fingerprint density at radius 1 is 1.05 bits per heavy atom. The van der Waals surface area contributed by atoms with Crippen LogP contribution in [-0.2, 0) is 0 Å². The monoisotopic (exact) mass is 280 g/mol. The summed E-state index contributed by atoms with van der Waals surface area (Å²) in [6.07, 6.45) is 1.76. The molecule has 2 aromatic heterocycles.